The highest BCUT2D eigenvalue weighted by Gasteiger charge is 2.32. The van der Waals surface area contributed by atoms with Crippen LogP contribution in [0.25, 0.3) is 0 Å². The van der Waals surface area contributed by atoms with Crippen LogP contribution in [0.4, 0.5) is 0 Å². The molecule has 0 radical (unpaired) electrons. The van der Waals surface area contributed by atoms with E-state index >= 15 is 0 Å². The molecule has 0 bridgehead atoms. The van der Waals surface area contributed by atoms with Crippen LogP contribution in [0.3, 0.4) is 0 Å². The van der Waals surface area contributed by atoms with Crippen LogP contribution in [0.2, 0.25) is 0 Å². The molecule has 0 aliphatic heterocycles. The number of unbranched alkanes of at least 4 members (excludes halogenated alkanes) is 1. The smallest absolute Gasteiger partial charge is 0.140 e. The molecule has 2 atom stereocenters. The third-order valence-corrected chi connectivity index (χ3v) is 3.90. The highest BCUT2D eigenvalue weighted by molar-refractivity contribution is 5.86. The van der Waals surface area contributed by atoms with E-state index in [9.17, 15) is 4.79 Å². The van der Waals surface area contributed by atoms with Crippen LogP contribution in [0, 0.1) is 5.92 Å². The SMILES string of the molecule is CCCC[C@@H]1CCCC(=O)[C@H]1c1ccccc1. The standard InChI is InChI=1S/C16H22O/c1-2-3-8-13-11-7-12-15(17)16(13)14-9-5-4-6-10-14/h4-6,9-10,13,16H,2-3,7-8,11-12H2,1H3/t13-,16-/m1/s1. The van der Waals surface area contributed by atoms with Crippen LogP contribution in [0.1, 0.15) is 56.9 Å². The zero-order valence-electron chi connectivity index (χ0n) is 10.7. The normalized spacial score (nSPS) is 24.9. The quantitative estimate of drug-likeness (QED) is 0.752. The van der Waals surface area contributed by atoms with Gasteiger partial charge in [0, 0.05) is 12.3 Å². The topological polar surface area (TPSA) is 17.1 Å². The van der Waals surface area contributed by atoms with Gasteiger partial charge in [0.2, 0.25) is 0 Å². The molecule has 0 heterocycles. The molecule has 1 heteroatoms. The maximum absolute atomic E-state index is 12.2. The highest BCUT2D eigenvalue weighted by Crippen LogP contribution is 2.38. The van der Waals surface area contributed by atoms with Crippen LogP contribution < -0.4 is 0 Å². The van der Waals surface area contributed by atoms with Crippen LogP contribution in [0.15, 0.2) is 30.3 Å². The first-order valence-electron chi connectivity index (χ1n) is 6.90. The lowest BCUT2D eigenvalue weighted by atomic mass is 9.72. The summed E-state index contributed by atoms with van der Waals surface area (Å²) < 4.78 is 0. The second-order valence-electron chi connectivity index (χ2n) is 5.15. The van der Waals surface area contributed by atoms with E-state index in [1.165, 1.54) is 31.2 Å². The Kier molecular flexibility index (Phi) is 4.36. The van der Waals surface area contributed by atoms with E-state index in [0.29, 0.717) is 11.7 Å². The highest BCUT2D eigenvalue weighted by atomic mass is 16.1. The average molecular weight is 230 g/mol. The molecular formula is C16H22O. The Bertz CT molecular complexity index is 355. The summed E-state index contributed by atoms with van der Waals surface area (Å²) in [6, 6.07) is 10.4. The molecule has 1 aliphatic rings. The van der Waals surface area contributed by atoms with Gasteiger partial charge >= 0.3 is 0 Å². The van der Waals surface area contributed by atoms with Gasteiger partial charge < -0.3 is 0 Å². The number of hydrogen-bond acceptors (Lipinski definition) is 1. The minimum atomic E-state index is 0.177. The number of rotatable bonds is 4. The predicted molar refractivity (Wildman–Crippen MR) is 71.1 cm³/mol. The maximum Gasteiger partial charge on any atom is 0.140 e. The van der Waals surface area contributed by atoms with Crippen molar-refractivity contribution in [3.05, 3.63) is 35.9 Å². The number of hydrogen-bond donors (Lipinski definition) is 0. The van der Waals surface area contributed by atoms with Gasteiger partial charge in [-0.25, -0.2) is 0 Å². The van der Waals surface area contributed by atoms with E-state index in [0.717, 1.165) is 12.8 Å². The molecule has 1 aliphatic carbocycles. The minimum absolute atomic E-state index is 0.177. The molecular weight excluding hydrogens is 208 g/mol. The third-order valence-electron chi connectivity index (χ3n) is 3.90. The van der Waals surface area contributed by atoms with Crippen molar-refractivity contribution < 1.29 is 4.79 Å². The van der Waals surface area contributed by atoms with Crippen molar-refractivity contribution in [3.63, 3.8) is 0 Å². The Morgan fingerprint density at radius 2 is 2.00 bits per heavy atom. The maximum atomic E-state index is 12.2. The predicted octanol–water partition coefficient (Wildman–Crippen LogP) is 4.33. The number of carbonyl (C=O) groups excluding carboxylic acids is 1. The Labute approximate surface area is 104 Å². The zero-order valence-corrected chi connectivity index (χ0v) is 10.7. The van der Waals surface area contributed by atoms with Crippen molar-refractivity contribution in [3.8, 4) is 0 Å². The summed E-state index contributed by atoms with van der Waals surface area (Å²) in [6.45, 7) is 2.22. The van der Waals surface area contributed by atoms with Crippen molar-refractivity contribution in [1.82, 2.24) is 0 Å². The van der Waals surface area contributed by atoms with Gasteiger partial charge in [-0.15, -0.1) is 0 Å². The van der Waals surface area contributed by atoms with Gasteiger partial charge in [0.1, 0.15) is 5.78 Å². The van der Waals surface area contributed by atoms with Gasteiger partial charge in [-0.1, -0.05) is 50.1 Å². The average Bonchev–Trinajstić information content (AvgIpc) is 2.37. The van der Waals surface area contributed by atoms with Crippen molar-refractivity contribution in [2.75, 3.05) is 0 Å². The van der Waals surface area contributed by atoms with E-state index in [1.807, 2.05) is 18.2 Å². The molecule has 0 aromatic heterocycles. The Hall–Kier alpha value is -1.11. The second kappa shape index (κ2) is 6.00. The molecule has 2 rings (SSSR count). The van der Waals surface area contributed by atoms with Crippen molar-refractivity contribution in [1.29, 1.82) is 0 Å². The first-order valence-corrected chi connectivity index (χ1v) is 6.90. The Morgan fingerprint density at radius 1 is 1.24 bits per heavy atom. The number of benzene rings is 1. The fourth-order valence-corrected chi connectivity index (χ4v) is 3.02. The first-order chi connectivity index (χ1) is 8.33. The molecule has 1 saturated carbocycles. The molecule has 1 aromatic rings. The number of ketones is 1. The molecule has 1 fully saturated rings. The van der Waals surface area contributed by atoms with Crippen molar-refractivity contribution in [2.24, 2.45) is 5.92 Å². The molecule has 1 nitrogen and oxygen atoms in total. The van der Waals surface area contributed by atoms with E-state index in [-0.39, 0.29) is 5.92 Å². The van der Waals surface area contributed by atoms with Crippen LogP contribution in [0.5, 0.6) is 0 Å². The summed E-state index contributed by atoms with van der Waals surface area (Å²) in [5.74, 6) is 1.22. The monoisotopic (exact) mass is 230 g/mol. The Morgan fingerprint density at radius 3 is 2.71 bits per heavy atom. The summed E-state index contributed by atoms with van der Waals surface area (Å²) >= 11 is 0. The van der Waals surface area contributed by atoms with Gasteiger partial charge in [0.05, 0.1) is 0 Å². The van der Waals surface area contributed by atoms with E-state index in [1.54, 1.807) is 0 Å². The van der Waals surface area contributed by atoms with Gasteiger partial charge in [-0.05, 0) is 30.7 Å². The molecule has 0 N–H and O–H groups in total. The fourth-order valence-electron chi connectivity index (χ4n) is 3.02. The van der Waals surface area contributed by atoms with Crippen LogP contribution in [-0.4, -0.2) is 5.78 Å². The Balaban J connectivity index is 2.16. The fraction of sp³-hybridized carbons (Fsp3) is 0.562. The second-order valence-corrected chi connectivity index (χ2v) is 5.15. The summed E-state index contributed by atoms with van der Waals surface area (Å²) in [4.78, 5) is 12.2. The molecule has 17 heavy (non-hydrogen) atoms. The zero-order chi connectivity index (χ0) is 12.1. The molecule has 0 unspecified atom stereocenters. The number of Topliss-reactive ketones (excluding diaryl/α,β-unsaturated/α-hetero) is 1. The minimum Gasteiger partial charge on any atom is -0.299 e. The molecule has 0 amide bonds. The van der Waals surface area contributed by atoms with Gasteiger partial charge in [0.25, 0.3) is 0 Å². The largest absolute Gasteiger partial charge is 0.299 e. The third kappa shape index (κ3) is 2.96. The molecule has 92 valence electrons. The van der Waals surface area contributed by atoms with Gasteiger partial charge in [-0.3, -0.25) is 4.79 Å². The van der Waals surface area contributed by atoms with Gasteiger partial charge in [0.15, 0.2) is 0 Å². The summed E-state index contributed by atoms with van der Waals surface area (Å²) in [5, 5.41) is 0. The lowest BCUT2D eigenvalue weighted by molar-refractivity contribution is -0.123. The summed E-state index contributed by atoms with van der Waals surface area (Å²) in [5.41, 5.74) is 1.23. The molecule has 0 saturated heterocycles. The summed E-state index contributed by atoms with van der Waals surface area (Å²) in [7, 11) is 0. The van der Waals surface area contributed by atoms with E-state index in [2.05, 4.69) is 19.1 Å². The summed E-state index contributed by atoms with van der Waals surface area (Å²) in [6.07, 6.45) is 6.79. The lowest BCUT2D eigenvalue weighted by Crippen LogP contribution is -2.26. The lowest BCUT2D eigenvalue weighted by Gasteiger charge is -2.30. The first kappa shape index (κ1) is 12.3. The molecule has 0 spiro atoms. The van der Waals surface area contributed by atoms with E-state index in [4.69, 9.17) is 0 Å². The molecule has 1 aromatic carbocycles. The van der Waals surface area contributed by atoms with Crippen molar-refractivity contribution >= 4 is 5.78 Å². The van der Waals surface area contributed by atoms with Gasteiger partial charge in [-0.2, -0.15) is 0 Å². The van der Waals surface area contributed by atoms with Crippen molar-refractivity contribution in [2.45, 2.75) is 51.4 Å². The van der Waals surface area contributed by atoms with Crippen LogP contribution in [-0.2, 0) is 4.79 Å². The van der Waals surface area contributed by atoms with Crippen LogP contribution >= 0.6 is 0 Å². The van der Waals surface area contributed by atoms with E-state index < -0.39 is 0 Å². The number of carbonyl (C=O) groups is 1.